The third-order valence-electron chi connectivity index (χ3n) is 4.27. The highest BCUT2D eigenvalue weighted by Gasteiger charge is 2.21. The minimum absolute atomic E-state index is 0.0984. The molecular formula is C20H26N2O4S. The Bertz CT molecular complexity index is 851. The van der Waals surface area contributed by atoms with Crippen LogP contribution < -0.4 is 9.04 Å². The van der Waals surface area contributed by atoms with E-state index < -0.39 is 16.1 Å². The second-order valence-corrected chi connectivity index (χ2v) is 8.34. The summed E-state index contributed by atoms with van der Waals surface area (Å²) in [7, 11) is -1.83. The van der Waals surface area contributed by atoms with Crippen LogP contribution in [0.15, 0.2) is 54.6 Å². The number of benzene rings is 2. The fraction of sp³-hybridized carbons (Fsp3) is 0.350. The summed E-state index contributed by atoms with van der Waals surface area (Å²) in [6, 6.07) is 16.4. The standard InChI is InChI=1S/C20H26N2O4S/c1-5-22(15-17-9-7-6-8-10-17)20(23)16(2)26-19-13-11-18(12-14-19)21(3)27(4,24)25/h6-14,16H,5,15H2,1-4H3. The van der Waals surface area contributed by atoms with Gasteiger partial charge in [0.05, 0.1) is 11.9 Å². The summed E-state index contributed by atoms with van der Waals surface area (Å²) >= 11 is 0. The maximum Gasteiger partial charge on any atom is 0.263 e. The van der Waals surface area contributed by atoms with Crippen molar-refractivity contribution in [3.63, 3.8) is 0 Å². The van der Waals surface area contributed by atoms with Gasteiger partial charge in [0.1, 0.15) is 5.75 Å². The summed E-state index contributed by atoms with van der Waals surface area (Å²) in [5.74, 6) is 0.413. The largest absolute Gasteiger partial charge is 0.481 e. The summed E-state index contributed by atoms with van der Waals surface area (Å²) in [5, 5.41) is 0. The van der Waals surface area contributed by atoms with Crippen molar-refractivity contribution in [2.24, 2.45) is 0 Å². The van der Waals surface area contributed by atoms with Gasteiger partial charge in [-0.2, -0.15) is 0 Å². The molecule has 0 fully saturated rings. The van der Waals surface area contributed by atoms with Gasteiger partial charge in [0, 0.05) is 20.1 Å². The van der Waals surface area contributed by atoms with Crippen molar-refractivity contribution in [3.8, 4) is 5.75 Å². The van der Waals surface area contributed by atoms with Gasteiger partial charge in [-0.05, 0) is 43.7 Å². The Morgan fingerprint density at radius 2 is 1.67 bits per heavy atom. The number of rotatable bonds is 8. The predicted octanol–water partition coefficient (Wildman–Crippen LogP) is 2.90. The fourth-order valence-corrected chi connectivity index (χ4v) is 3.09. The maximum atomic E-state index is 12.7. The van der Waals surface area contributed by atoms with E-state index in [9.17, 15) is 13.2 Å². The molecule has 1 unspecified atom stereocenters. The van der Waals surface area contributed by atoms with Crippen molar-refractivity contribution in [1.82, 2.24) is 4.90 Å². The Labute approximate surface area is 161 Å². The zero-order valence-corrected chi connectivity index (χ0v) is 16.9. The molecule has 0 bridgehead atoms. The lowest BCUT2D eigenvalue weighted by Gasteiger charge is -2.25. The number of hydrogen-bond donors (Lipinski definition) is 0. The van der Waals surface area contributed by atoms with Gasteiger partial charge in [-0.15, -0.1) is 0 Å². The van der Waals surface area contributed by atoms with E-state index in [1.54, 1.807) is 36.1 Å². The van der Waals surface area contributed by atoms with Gasteiger partial charge in [-0.25, -0.2) is 8.42 Å². The molecule has 7 heteroatoms. The van der Waals surface area contributed by atoms with E-state index >= 15 is 0 Å². The number of anilines is 1. The minimum atomic E-state index is -3.32. The molecule has 2 aromatic carbocycles. The molecule has 0 saturated heterocycles. The number of ether oxygens (including phenoxy) is 1. The molecular weight excluding hydrogens is 364 g/mol. The van der Waals surface area contributed by atoms with Gasteiger partial charge in [-0.3, -0.25) is 9.10 Å². The smallest absolute Gasteiger partial charge is 0.263 e. The fourth-order valence-electron chi connectivity index (χ4n) is 2.59. The molecule has 1 atom stereocenters. The molecule has 27 heavy (non-hydrogen) atoms. The zero-order valence-electron chi connectivity index (χ0n) is 16.1. The highest BCUT2D eigenvalue weighted by Crippen LogP contribution is 2.21. The van der Waals surface area contributed by atoms with E-state index in [2.05, 4.69) is 0 Å². The summed E-state index contributed by atoms with van der Waals surface area (Å²) < 4.78 is 30.1. The molecule has 0 aliphatic carbocycles. The highest BCUT2D eigenvalue weighted by molar-refractivity contribution is 7.92. The van der Waals surface area contributed by atoms with Crippen LogP contribution in [0.25, 0.3) is 0 Å². The monoisotopic (exact) mass is 390 g/mol. The number of likely N-dealkylation sites (N-methyl/N-ethyl adjacent to an activating group) is 1. The number of amides is 1. The van der Waals surface area contributed by atoms with Crippen LogP contribution in [-0.2, 0) is 21.4 Å². The number of hydrogen-bond acceptors (Lipinski definition) is 4. The first kappa shape index (κ1) is 20.8. The highest BCUT2D eigenvalue weighted by atomic mass is 32.2. The van der Waals surface area contributed by atoms with Gasteiger partial charge >= 0.3 is 0 Å². The zero-order chi connectivity index (χ0) is 20.0. The van der Waals surface area contributed by atoms with Crippen LogP contribution in [0.5, 0.6) is 5.75 Å². The Morgan fingerprint density at radius 1 is 1.07 bits per heavy atom. The molecule has 6 nitrogen and oxygen atoms in total. The summed E-state index contributed by atoms with van der Waals surface area (Å²) in [6.45, 7) is 4.76. The third kappa shape index (κ3) is 5.72. The van der Waals surface area contributed by atoms with Gasteiger partial charge in [0.2, 0.25) is 10.0 Å². The topological polar surface area (TPSA) is 66.9 Å². The maximum absolute atomic E-state index is 12.7. The molecule has 1 amide bonds. The Balaban J connectivity index is 2.02. The minimum Gasteiger partial charge on any atom is -0.481 e. The van der Waals surface area contributed by atoms with Crippen LogP contribution in [0.3, 0.4) is 0 Å². The molecule has 0 saturated carbocycles. The van der Waals surface area contributed by atoms with Crippen molar-refractivity contribution >= 4 is 21.6 Å². The lowest BCUT2D eigenvalue weighted by Crippen LogP contribution is -2.39. The normalized spacial score (nSPS) is 12.3. The van der Waals surface area contributed by atoms with Crippen LogP contribution >= 0.6 is 0 Å². The van der Waals surface area contributed by atoms with Crippen LogP contribution in [-0.4, -0.2) is 45.2 Å². The number of carbonyl (C=O) groups excluding carboxylic acids is 1. The number of carbonyl (C=O) groups is 1. The Morgan fingerprint density at radius 3 is 2.19 bits per heavy atom. The third-order valence-corrected chi connectivity index (χ3v) is 5.47. The van der Waals surface area contributed by atoms with Crippen molar-refractivity contribution in [2.45, 2.75) is 26.5 Å². The first-order valence-electron chi connectivity index (χ1n) is 8.75. The summed E-state index contributed by atoms with van der Waals surface area (Å²) in [6.07, 6.45) is 0.497. The Kier molecular flexibility index (Phi) is 6.85. The van der Waals surface area contributed by atoms with E-state index in [1.165, 1.54) is 11.4 Å². The number of nitrogens with zero attached hydrogens (tertiary/aromatic N) is 2. The van der Waals surface area contributed by atoms with Crippen molar-refractivity contribution in [1.29, 1.82) is 0 Å². The molecule has 0 spiro atoms. The molecule has 0 aromatic heterocycles. The van der Waals surface area contributed by atoms with Gasteiger partial charge in [0.15, 0.2) is 6.10 Å². The van der Waals surface area contributed by atoms with Crippen molar-refractivity contribution < 1.29 is 17.9 Å². The van der Waals surface area contributed by atoms with E-state index in [1.807, 2.05) is 37.3 Å². The molecule has 0 N–H and O–H groups in total. The molecule has 2 aromatic rings. The van der Waals surface area contributed by atoms with Gasteiger partial charge in [0.25, 0.3) is 5.91 Å². The van der Waals surface area contributed by atoms with E-state index in [4.69, 9.17) is 4.74 Å². The molecule has 146 valence electrons. The molecule has 0 aliphatic heterocycles. The first-order valence-corrected chi connectivity index (χ1v) is 10.6. The van der Waals surface area contributed by atoms with Crippen LogP contribution in [0.2, 0.25) is 0 Å². The molecule has 0 radical (unpaired) electrons. The summed E-state index contributed by atoms with van der Waals surface area (Å²) in [4.78, 5) is 14.4. The average molecular weight is 391 g/mol. The average Bonchev–Trinajstić information content (AvgIpc) is 2.65. The summed E-state index contributed by atoms with van der Waals surface area (Å²) in [5.41, 5.74) is 1.59. The Hall–Kier alpha value is -2.54. The van der Waals surface area contributed by atoms with E-state index in [0.29, 0.717) is 24.5 Å². The van der Waals surface area contributed by atoms with Gasteiger partial charge in [-0.1, -0.05) is 30.3 Å². The van der Waals surface area contributed by atoms with Crippen LogP contribution in [0.1, 0.15) is 19.4 Å². The van der Waals surface area contributed by atoms with Crippen LogP contribution in [0.4, 0.5) is 5.69 Å². The van der Waals surface area contributed by atoms with Crippen molar-refractivity contribution in [2.75, 3.05) is 24.2 Å². The van der Waals surface area contributed by atoms with Crippen molar-refractivity contribution in [3.05, 3.63) is 60.2 Å². The second kappa shape index (κ2) is 8.90. The SMILES string of the molecule is CCN(Cc1ccccc1)C(=O)C(C)Oc1ccc(N(C)S(C)(=O)=O)cc1. The van der Waals surface area contributed by atoms with E-state index in [-0.39, 0.29) is 5.91 Å². The quantitative estimate of drug-likeness (QED) is 0.695. The first-order chi connectivity index (χ1) is 12.7. The number of sulfonamides is 1. The molecule has 2 rings (SSSR count). The second-order valence-electron chi connectivity index (χ2n) is 6.32. The van der Waals surface area contributed by atoms with Gasteiger partial charge < -0.3 is 9.64 Å². The molecule has 0 aliphatic rings. The van der Waals surface area contributed by atoms with Crippen LogP contribution in [0, 0.1) is 0 Å². The lowest BCUT2D eigenvalue weighted by atomic mass is 10.2. The van der Waals surface area contributed by atoms with E-state index in [0.717, 1.165) is 11.8 Å². The lowest BCUT2D eigenvalue weighted by molar-refractivity contribution is -0.138. The predicted molar refractivity (Wildman–Crippen MR) is 107 cm³/mol. The molecule has 0 heterocycles.